The highest BCUT2D eigenvalue weighted by atomic mass is 16.5. The monoisotopic (exact) mass is 237 g/mol. The number of aliphatic hydroxyl groups excluding tert-OH is 1. The third-order valence-corrected chi connectivity index (χ3v) is 2.78. The summed E-state index contributed by atoms with van der Waals surface area (Å²) < 4.78 is 5.38. The van der Waals surface area contributed by atoms with Gasteiger partial charge in [-0.15, -0.1) is 0 Å². The van der Waals surface area contributed by atoms with Crippen LogP contribution in [0.5, 0.6) is 0 Å². The van der Waals surface area contributed by atoms with Gasteiger partial charge in [0.2, 0.25) is 0 Å². The summed E-state index contributed by atoms with van der Waals surface area (Å²) in [7, 11) is 0. The summed E-state index contributed by atoms with van der Waals surface area (Å²) in [6, 6.07) is -0.00879. The molecular weight excluding hydrogens is 222 g/mol. The maximum absolute atomic E-state index is 12.2. The van der Waals surface area contributed by atoms with Crippen LogP contribution in [-0.2, 0) is 4.74 Å². The molecule has 1 aromatic heterocycles. The van der Waals surface area contributed by atoms with E-state index < -0.39 is 0 Å². The second kappa shape index (κ2) is 5.20. The van der Waals surface area contributed by atoms with E-state index in [0.29, 0.717) is 18.7 Å². The smallest absolute Gasteiger partial charge is 0.257 e. The van der Waals surface area contributed by atoms with Crippen LogP contribution in [0.1, 0.15) is 17.3 Å². The molecule has 1 amide bonds. The fourth-order valence-corrected chi connectivity index (χ4v) is 1.79. The van der Waals surface area contributed by atoms with Gasteiger partial charge in [0.15, 0.2) is 0 Å². The van der Waals surface area contributed by atoms with Crippen LogP contribution in [0, 0.1) is 0 Å². The van der Waals surface area contributed by atoms with Crippen LogP contribution in [0.3, 0.4) is 0 Å². The van der Waals surface area contributed by atoms with Crippen molar-refractivity contribution in [3.63, 3.8) is 0 Å². The topological polar surface area (TPSA) is 75.6 Å². The lowest BCUT2D eigenvalue weighted by atomic mass is 10.1. The summed E-state index contributed by atoms with van der Waals surface area (Å²) in [5.41, 5.74) is 0.456. The molecule has 1 aliphatic heterocycles. The molecule has 2 rings (SSSR count). The van der Waals surface area contributed by atoms with Gasteiger partial charge in [-0.1, -0.05) is 0 Å². The second-order valence-electron chi connectivity index (χ2n) is 4.07. The van der Waals surface area contributed by atoms with Gasteiger partial charge in [0, 0.05) is 18.9 Å². The Hall–Kier alpha value is -1.53. The number of aromatic nitrogens is 2. The van der Waals surface area contributed by atoms with Gasteiger partial charge in [-0.05, 0) is 6.92 Å². The zero-order valence-corrected chi connectivity index (χ0v) is 9.61. The van der Waals surface area contributed by atoms with Gasteiger partial charge >= 0.3 is 0 Å². The van der Waals surface area contributed by atoms with E-state index in [4.69, 9.17) is 9.84 Å². The van der Waals surface area contributed by atoms with E-state index >= 15 is 0 Å². The second-order valence-corrected chi connectivity index (χ2v) is 4.07. The Kier molecular flexibility index (Phi) is 3.65. The van der Waals surface area contributed by atoms with Crippen molar-refractivity contribution in [2.45, 2.75) is 19.1 Å². The molecule has 0 saturated carbocycles. The fourth-order valence-electron chi connectivity index (χ4n) is 1.79. The van der Waals surface area contributed by atoms with Crippen molar-refractivity contribution >= 4 is 5.91 Å². The van der Waals surface area contributed by atoms with Crippen molar-refractivity contribution in [1.29, 1.82) is 0 Å². The summed E-state index contributed by atoms with van der Waals surface area (Å²) >= 11 is 0. The molecule has 2 unspecified atom stereocenters. The summed E-state index contributed by atoms with van der Waals surface area (Å²) in [6.45, 7) is 2.66. The molecule has 0 radical (unpaired) electrons. The highest BCUT2D eigenvalue weighted by molar-refractivity contribution is 5.93. The Bertz CT molecular complexity index is 385. The molecule has 0 spiro atoms. The SMILES string of the molecule is CC1COC(CO)CN1C(=O)c1cncnc1. The maximum Gasteiger partial charge on any atom is 0.257 e. The van der Waals surface area contributed by atoms with E-state index in [1.54, 1.807) is 4.90 Å². The normalized spacial score (nSPS) is 24.7. The zero-order valence-electron chi connectivity index (χ0n) is 9.61. The van der Waals surface area contributed by atoms with Gasteiger partial charge in [-0.2, -0.15) is 0 Å². The predicted octanol–water partition coefficient (Wildman–Crippen LogP) is -0.302. The maximum atomic E-state index is 12.2. The molecule has 17 heavy (non-hydrogen) atoms. The van der Waals surface area contributed by atoms with Crippen molar-refractivity contribution < 1.29 is 14.6 Å². The van der Waals surface area contributed by atoms with Crippen LogP contribution < -0.4 is 0 Å². The molecular formula is C11H15N3O3. The first-order valence-corrected chi connectivity index (χ1v) is 5.51. The standard InChI is InChI=1S/C11H15N3O3/c1-8-6-17-10(5-15)4-14(8)11(16)9-2-12-7-13-3-9/h2-3,7-8,10,15H,4-6H2,1H3. The van der Waals surface area contributed by atoms with Gasteiger partial charge in [0.25, 0.3) is 5.91 Å². The van der Waals surface area contributed by atoms with E-state index in [1.165, 1.54) is 18.7 Å². The van der Waals surface area contributed by atoms with Crippen LogP contribution in [0.25, 0.3) is 0 Å². The first kappa shape index (κ1) is 11.9. The van der Waals surface area contributed by atoms with Crippen LogP contribution in [0.15, 0.2) is 18.7 Å². The molecule has 0 aliphatic carbocycles. The first-order valence-electron chi connectivity index (χ1n) is 5.51. The minimum atomic E-state index is -0.306. The average Bonchev–Trinajstić information content (AvgIpc) is 2.39. The number of rotatable bonds is 2. The lowest BCUT2D eigenvalue weighted by molar-refractivity contribution is -0.0667. The van der Waals surface area contributed by atoms with Crippen LogP contribution in [0.2, 0.25) is 0 Å². The predicted molar refractivity (Wildman–Crippen MR) is 59.4 cm³/mol. The number of morpholine rings is 1. The summed E-state index contributed by atoms with van der Waals surface area (Å²) in [5.74, 6) is -0.125. The van der Waals surface area contributed by atoms with Crippen LogP contribution in [0.4, 0.5) is 0 Å². The van der Waals surface area contributed by atoms with Crippen molar-refractivity contribution in [1.82, 2.24) is 14.9 Å². The number of hydrogen-bond donors (Lipinski definition) is 1. The summed E-state index contributed by atoms with van der Waals surface area (Å²) in [4.78, 5) is 21.5. The molecule has 2 heterocycles. The number of carbonyl (C=O) groups is 1. The number of nitrogens with zero attached hydrogens (tertiary/aromatic N) is 3. The van der Waals surface area contributed by atoms with Crippen molar-refractivity contribution in [2.24, 2.45) is 0 Å². The summed E-state index contributed by atoms with van der Waals surface area (Å²) in [6.07, 6.45) is 4.06. The van der Waals surface area contributed by atoms with Gasteiger partial charge in [-0.25, -0.2) is 9.97 Å². The molecule has 6 nitrogen and oxygen atoms in total. The minimum absolute atomic E-state index is 0.00879. The van der Waals surface area contributed by atoms with E-state index in [0.717, 1.165) is 0 Å². The van der Waals surface area contributed by atoms with Gasteiger partial charge < -0.3 is 14.7 Å². The largest absolute Gasteiger partial charge is 0.394 e. The number of amides is 1. The first-order chi connectivity index (χ1) is 8.22. The van der Waals surface area contributed by atoms with Gasteiger partial charge in [-0.3, -0.25) is 4.79 Å². The Morgan fingerprint density at radius 3 is 2.94 bits per heavy atom. The highest BCUT2D eigenvalue weighted by Crippen LogP contribution is 2.14. The van der Waals surface area contributed by atoms with Crippen molar-refractivity contribution in [3.8, 4) is 0 Å². The van der Waals surface area contributed by atoms with Crippen molar-refractivity contribution in [3.05, 3.63) is 24.3 Å². The lowest BCUT2D eigenvalue weighted by Gasteiger charge is -2.37. The van der Waals surface area contributed by atoms with Gasteiger partial charge in [0.05, 0.1) is 30.9 Å². The molecule has 1 fully saturated rings. The van der Waals surface area contributed by atoms with E-state index in [9.17, 15) is 4.79 Å². The molecule has 1 aromatic rings. The quantitative estimate of drug-likeness (QED) is 0.764. The Labute approximate surface area is 99.2 Å². The Morgan fingerprint density at radius 2 is 2.29 bits per heavy atom. The van der Waals surface area contributed by atoms with E-state index in [1.807, 2.05) is 6.92 Å². The number of carbonyl (C=O) groups excluding carboxylic acids is 1. The Morgan fingerprint density at radius 1 is 1.59 bits per heavy atom. The third-order valence-electron chi connectivity index (χ3n) is 2.78. The molecule has 92 valence electrons. The molecule has 1 N–H and O–H groups in total. The molecule has 0 aromatic carbocycles. The van der Waals surface area contributed by atoms with Crippen LogP contribution >= 0.6 is 0 Å². The molecule has 1 saturated heterocycles. The number of ether oxygens (including phenoxy) is 1. The minimum Gasteiger partial charge on any atom is -0.394 e. The van der Waals surface area contributed by atoms with E-state index in [2.05, 4.69) is 9.97 Å². The zero-order chi connectivity index (χ0) is 12.3. The fraction of sp³-hybridized carbons (Fsp3) is 0.545. The third kappa shape index (κ3) is 2.59. The van der Waals surface area contributed by atoms with Crippen molar-refractivity contribution in [2.75, 3.05) is 19.8 Å². The molecule has 2 atom stereocenters. The number of aliphatic hydroxyl groups is 1. The van der Waals surface area contributed by atoms with Crippen LogP contribution in [-0.4, -0.2) is 57.8 Å². The number of hydrogen-bond acceptors (Lipinski definition) is 5. The summed E-state index contributed by atoms with van der Waals surface area (Å²) in [5, 5.41) is 9.06. The highest BCUT2D eigenvalue weighted by Gasteiger charge is 2.29. The van der Waals surface area contributed by atoms with Gasteiger partial charge in [0.1, 0.15) is 6.33 Å². The molecule has 0 bridgehead atoms. The molecule has 1 aliphatic rings. The average molecular weight is 237 g/mol. The molecule has 6 heteroatoms. The van der Waals surface area contributed by atoms with E-state index in [-0.39, 0.29) is 24.7 Å². The lowest BCUT2D eigenvalue weighted by Crippen LogP contribution is -2.52. The Balaban J connectivity index is 2.12.